The summed E-state index contributed by atoms with van der Waals surface area (Å²) in [5.41, 5.74) is 0.301. The van der Waals surface area contributed by atoms with Crippen molar-refractivity contribution in [3.8, 4) is 5.75 Å². The van der Waals surface area contributed by atoms with Crippen molar-refractivity contribution < 1.29 is 13.8 Å². The van der Waals surface area contributed by atoms with Gasteiger partial charge in [0.15, 0.2) is 0 Å². The van der Waals surface area contributed by atoms with Crippen molar-refractivity contribution in [2.24, 2.45) is 0 Å². The average Bonchev–Trinajstić information content (AvgIpc) is 1.99. The lowest BCUT2D eigenvalue weighted by Crippen LogP contribution is -1.92. The van der Waals surface area contributed by atoms with E-state index in [2.05, 4.69) is 4.74 Å². The molecule has 0 saturated carbocycles. The van der Waals surface area contributed by atoms with E-state index in [4.69, 9.17) is 4.11 Å². The summed E-state index contributed by atoms with van der Waals surface area (Å²) in [6.45, 7) is 1.52. The van der Waals surface area contributed by atoms with Crippen molar-refractivity contribution in [1.82, 2.24) is 0 Å². The first-order chi connectivity index (χ1) is 6.79. The number of nitro benzene ring substituents is 1. The molecule has 12 heavy (non-hydrogen) atoms. The van der Waals surface area contributed by atoms with E-state index in [0.717, 1.165) is 0 Å². The third-order valence-electron chi connectivity index (χ3n) is 1.48. The monoisotopic (exact) mass is 170 g/mol. The predicted octanol–water partition coefficient (Wildman–Crippen LogP) is 1.91. The van der Waals surface area contributed by atoms with Gasteiger partial charge in [0.2, 0.25) is 0 Å². The number of rotatable bonds is 2. The maximum Gasteiger partial charge on any atom is 0.272 e. The van der Waals surface area contributed by atoms with E-state index in [1.54, 1.807) is 0 Å². The summed E-state index contributed by atoms with van der Waals surface area (Å²) in [6.07, 6.45) is 0. The van der Waals surface area contributed by atoms with Crippen LogP contribution in [-0.2, 0) is 0 Å². The molecule has 0 aliphatic carbocycles. The highest BCUT2D eigenvalue weighted by Gasteiger charge is 2.09. The first-order valence-corrected chi connectivity index (χ1v) is 3.24. The number of hydrogen-bond acceptors (Lipinski definition) is 3. The molecule has 4 heteroatoms. The normalized spacial score (nSPS) is 14.2. The van der Waals surface area contributed by atoms with Crippen LogP contribution in [0.4, 0.5) is 5.69 Å². The minimum absolute atomic E-state index is 0.0621. The molecular formula is C8H9NO3. The van der Waals surface area contributed by atoms with E-state index in [1.165, 1.54) is 25.1 Å². The Morgan fingerprint density at radius 3 is 2.92 bits per heavy atom. The van der Waals surface area contributed by atoms with Crippen molar-refractivity contribution in [3.05, 3.63) is 33.9 Å². The molecule has 0 aliphatic heterocycles. The number of hydrogen-bond donors (Lipinski definition) is 0. The number of benzene rings is 1. The quantitative estimate of drug-likeness (QED) is 0.503. The van der Waals surface area contributed by atoms with Crippen LogP contribution >= 0.6 is 0 Å². The van der Waals surface area contributed by atoms with E-state index >= 15 is 0 Å². The van der Waals surface area contributed by atoms with Crippen molar-refractivity contribution >= 4 is 5.69 Å². The lowest BCUT2D eigenvalue weighted by Gasteiger charge is -2.00. The van der Waals surface area contributed by atoms with Gasteiger partial charge in [-0.2, -0.15) is 0 Å². The minimum Gasteiger partial charge on any atom is -0.497 e. The zero-order valence-corrected chi connectivity index (χ0v) is 6.40. The fourth-order valence-corrected chi connectivity index (χ4v) is 0.896. The van der Waals surface area contributed by atoms with Gasteiger partial charge in [0.1, 0.15) is 5.75 Å². The molecule has 64 valence electrons. The smallest absolute Gasteiger partial charge is 0.272 e. The molecule has 0 amide bonds. The summed E-state index contributed by atoms with van der Waals surface area (Å²) in [7, 11) is -2.54. The molecule has 0 aliphatic rings. The van der Waals surface area contributed by atoms with Gasteiger partial charge in [-0.15, -0.1) is 0 Å². The van der Waals surface area contributed by atoms with Crippen LogP contribution in [-0.4, -0.2) is 12.0 Å². The van der Waals surface area contributed by atoms with E-state index in [9.17, 15) is 10.1 Å². The second kappa shape index (κ2) is 3.21. The van der Waals surface area contributed by atoms with Crippen molar-refractivity contribution in [2.75, 3.05) is 7.04 Å². The number of nitro groups is 1. The molecule has 0 aromatic heterocycles. The summed E-state index contributed by atoms with van der Waals surface area (Å²) in [5, 5.41) is 10.5. The first-order valence-electron chi connectivity index (χ1n) is 4.74. The van der Waals surface area contributed by atoms with Crippen molar-refractivity contribution in [1.29, 1.82) is 0 Å². The fourth-order valence-electron chi connectivity index (χ4n) is 0.896. The molecule has 0 radical (unpaired) electrons. The maximum atomic E-state index is 10.5. The number of nitrogens with zero attached hydrogens (tertiary/aromatic N) is 1. The molecule has 1 aromatic rings. The van der Waals surface area contributed by atoms with Crippen LogP contribution in [0, 0.1) is 17.0 Å². The summed E-state index contributed by atoms with van der Waals surface area (Å²) < 4.78 is 25.2. The SMILES string of the molecule is [2H]C([2H])([2H])Oc1ccc([N+](=O)[O-])c(C)c1. The molecule has 0 unspecified atom stereocenters. The highest BCUT2D eigenvalue weighted by atomic mass is 16.6. The highest BCUT2D eigenvalue weighted by molar-refractivity contribution is 5.44. The molecule has 0 atom stereocenters. The highest BCUT2D eigenvalue weighted by Crippen LogP contribution is 2.22. The Hall–Kier alpha value is -1.58. The number of aryl methyl sites for hydroxylation is 1. The average molecular weight is 170 g/mol. The fraction of sp³-hybridized carbons (Fsp3) is 0.250. The standard InChI is InChI=1S/C8H9NO3/c1-6-5-7(12-2)3-4-8(6)9(10)11/h3-5H,1-2H3/i2D3. The van der Waals surface area contributed by atoms with Gasteiger partial charge in [-0.05, 0) is 19.1 Å². The van der Waals surface area contributed by atoms with Crippen LogP contribution in [0.1, 0.15) is 9.68 Å². The Morgan fingerprint density at radius 1 is 1.67 bits per heavy atom. The molecule has 0 bridgehead atoms. The lowest BCUT2D eigenvalue weighted by atomic mass is 10.2. The molecule has 0 heterocycles. The molecule has 0 saturated heterocycles. The lowest BCUT2D eigenvalue weighted by molar-refractivity contribution is -0.385. The van der Waals surface area contributed by atoms with Crippen LogP contribution in [0.25, 0.3) is 0 Å². The van der Waals surface area contributed by atoms with E-state index in [0.29, 0.717) is 5.56 Å². The summed E-state index contributed by atoms with van der Waals surface area (Å²) in [5.74, 6) is 0.0955. The Labute approximate surface area is 74.1 Å². The molecular weight excluding hydrogens is 158 g/mol. The molecule has 4 nitrogen and oxygen atoms in total. The molecule has 1 rings (SSSR count). The Bertz CT molecular complexity index is 389. The van der Waals surface area contributed by atoms with E-state index in [-0.39, 0.29) is 11.4 Å². The maximum absolute atomic E-state index is 10.5. The number of methoxy groups -OCH3 is 1. The van der Waals surface area contributed by atoms with Gasteiger partial charge in [0.25, 0.3) is 5.69 Å². The summed E-state index contributed by atoms with van der Waals surface area (Å²) in [6, 6.07) is 3.80. The molecule has 1 aromatic carbocycles. The first kappa shape index (κ1) is 5.13. The van der Waals surface area contributed by atoms with Crippen molar-refractivity contribution in [3.63, 3.8) is 0 Å². The Balaban J connectivity index is 2.97. The van der Waals surface area contributed by atoms with Crippen LogP contribution in [0.3, 0.4) is 0 Å². The van der Waals surface area contributed by atoms with Gasteiger partial charge in [-0.25, -0.2) is 0 Å². The topological polar surface area (TPSA) is 52.4 Å². The number of ether oxygens (including phenoxy) is 1. The van der Waals surface area contributed by atoms with Crippen LogP contribution < -0.4 is 4.74 Å². The Kier molecular flexibility index (Phi) is 1.37. The van der Waals surface area contributed by atoms with Crippen LogP contribution in [0.5, 0.6) is 5.75 Å². The van der Waals surface area contributed by atoms with Gasteiger partial charge in [-0.1, -0.05) is 0 Å². The summed E-state index contributed by atoms with van der Waals surface area (Å²) >= 11 is 0. The minimum atomic E-state index is -2.54. The third-order valence-corrected chi connectivity index (χ3v) is 1.48. The van der Waals surface area contributed by atoms with E-state index < -0.39 is 12.0 Å². The largest absolute Gasteiger partial charge is 0.497 e. The zero-order chi connectivity index (χ0) is 11.6. The van der Waals surface area contributed by atoms with Crippen molar-refractivity contribution in [2.45, 2.75) is 6.92 Å². The second-order valence-electron chi connectivity index (χ2n) is 2.31. The zero-order valence-electron chi connectivity index (χ0n) is 9.40. The predicted molar refractivity (Wildman–Crippen MR) is 44.4 cm³/mol. The van der Waals surface area contributed by atoms with Gasteiger partial charge in [0, 0.05) is 11.6 Å². The van der Waals surface area contributed by atoms with Crippen LogP contribution in [0.15, 0.2) is 18.2 Å². The molecule has 0 fully saturated rings. The third kappa shape index (κ3) is 1.53. The van der Waals surface area contributed by atoms with Gasteiger partial charge in [0.05, 0.1) is 16.1 Å². The van der Waals surface area contributed by atoms with Gasteiger partial charge < -0.3 is 4.74 Å². The van der Waals surface area contributed by atoms with Gasteiger partial charge >= 0.3 is 0 Å². The van der Waals surface area contributed by atoms with Gasteiger partial charge in [-0.3, -0.25) is 10.1 Å². The van der Waals surface area contributed by atoms with Crippen LogP contribution in [0.2, 0.25) is 0 Å². The molecule has 0 spiro atoms. The Morgan fingerprint density at radius 2 is 2.42 bits per heavy atom. The molecule has 0 N–H and O–H groups in total. The van der Waals surface area contributed by atoms with E-state index in [1.807, 2.05) is 0 Å². The second-order valence-corrected chi connectivity index (χ2v) is 2.31. The summed E-state index contributed by atoms with van der Waals surface area (Å²) in [4.78, 5) is 9.94.